The maximum absolute atomic E-state index is 14.1. The van der Waals surface area contributed by atoms with Crippen molar-refractivity contribution in [1.82, 2.24) is 14.8 Å². The first kappa shape index (κ1) is 19.4. The van der Waals surface area contributed by atoms with E-state index in [1.54, 1.807) is 34.9 Å². The third-order valence-electron chi connectivity index (χ3n) is 3.94. The number of nitrogens with zero attached hydrogens (tertiary/aromatic N) is 3. The largest absolute Gasteiger partial charge is 0.325 e. The third-order valence-corrected chi connectivity index (χ3v) is 5.31. The van der Waals surface area contributed by atoms with E-state index < -0.39 is 0 Å². The van der Waals surface area contributed by atoms with E-state index in [1.807, 2.05) is 19.9 Å². The lowest BCUT2D eigenvalue weighted by molar-refractivity contribution is -0.113. The zero-order valence-electron chi connectivity index (χ0n) is 14.9. The van der Waals surface area contributed by atoms with Crippen molar-refractivity contribution >= 4 is 35.0 Å². The summed E-state index contributed by atoms with van der Waals surface area (Å²) in [6.45, 7) is 4.38. The number of nitrogens with one attached hydrogen (secondary N) is 1. The highest BCUT2D eigenvalue weighted by molar-refractivity contribution is 7.99. The molecule has 1 aromatic heterocycles. The van der Waals surface area contributed by atoms with E-state index in [4.69, 9.17) is 11.6 Å². The topological polar surface area (TPSA) is 59.8 Å². The molecule has 140 valence electrons. The zero-order valence-corrected chi connectivity index (χ0v) is 16.4. The monoisotopic (exact) mass is 404 g/mol. The molecule has 0 unspecified atom stereocenters. The Morgan fingerprint density at radius 2 is 2.04 bits per heavy atom. The molecule has 0 bridgehead atoms. The fraction of sp³-hybridized carbons (Fsp3) is 0.211. The third kappa shape index (κ3) is 4.48. The number of amides is 1. The van der Waals surface area contributed by atoms with Crippen molar-refractivity contribution in [2.24, 2.45) is 0 Å². The number of benzene rings is 2. The van der Waals surface area contributed by atoms with Gasteiger partial charge in [0.05, 0.1) is 11.3 Å². The van der Waals surface area contributed by atoms with Crippen LogP contribution in [0.5, 0.6) is 0 Å². The summed E-state index contributed by atoms with van der Waals surface area (Å²) in [5, 5.41) is 12.2. The Hall–Kier alpha value is -2.38. The maximum atomic E-state index is 14.1. The van der Waals surface area contributed by atoms with Gasteiger partial charge in [0.25, 0.3) is 0 Å². The lowest BCUT2D eigenvalue weighted by Crippen LogP contribution is -2.14. The molecule has 0 aliphatic heterocycles. The highest BCUT2D eigenvalue weighted by Crippen LogP contribution is 2.26. The Balaban J connectivity index is 1.70. The standard InChI is InChI=1S/C19H18ClFN4OS/c1-3-25-18(14-6-4-5-7-16(14)21)23-24-19(25)27-11-17(26)22-13-9-8-12(2)15(20)10-13/h4-10H,3,11H2,1-2H3,(H,22,26). The summed E-state index contributed by atoms with van der Waals surface area (Å²) in [4.78, 5) is 12.2. The molecule has 3 aromatic rings. The predicted molar refractivity (Wildman–Crippen MR) is 107 cm³/mol. The quantitative estimate of drug-likeness (QED) is 0.599. The summed E-state index contributed by atoms with van der Waals surface area (Å²) in [6, 6.07) is 11.8. The van der Waals surface area contributed by atoms with Crippen molar-refractivity contribution in [3.63, 3.8) is 0 Å². The van der Waals surface area contributed by atoms with Crippen LogP contribution in [0, 0.1) is 12.7 Å². The average Bonchev–Trinajstić information content (AvgIpc) is 3.06. The second-order valence-corrected chi connectivity index (χ2v) is 7.18. The van der Waals surface area contributed by atoms with E-state index in [1.165, 1.54) is 17.8 Å². The molecule has 0 fully saturated rings. The fourth-order valence-electron chi connectivity index (χ4n) is 2.52. The molecule has 8 heteroatoms. The van der Waals surface area contributed by atoms with Crippen LogP contribution >= 0.6 is 23.4 Å². The van der Waals surface area contributed by atoms with Crippen molar-refractivity contribution < 1.29 is 9.18 Å². The Morgan fingerprint density at radius 3 is 2.74 bits per heavy atom. The fourth-order valence-corrected chi connectivity index (χ4v) is 3.50. The van der Waals surface area contributed by atoms with Crippen LogP contribution in [-0.2, 0) is 11.3 Å². The first-order valence-corrected chi connectivity index (χ1v) is 9.73. The molecule has 0 saturated carbocycles. The van der Waals surface area contributed by atoms with E-state index in [0.29, 0.717) is 33.8 Å². The number of halogens is 2. The number of hydrogen-bond donors (Lipinski definition) is 1. The zero-order chi connectivity index (χ0) is 19.4. The van der Waals surface area contributed by atoms with Gasteiger partial charge in [0, 0.05) is 17.3 Å². The minimum atomic E-state index is -0.356. The molecule has 0 saturated heterocycles. The minimum absolute atomic E-state index is 0.154. The van der Waals surface area contributed by atoms with Crippen LogP contribution in [0.2, 0.25) is 5.02 Å². The van der Waals surface area contributed by atoms with Gasteiger partial charge in [-0.1, -0.05) is 41.6 Å². The van der Waals surface area contributed by atoms with E-state index in [2.05, 4.69) is 15.5 Å². The molecule has 0 atom stereocenters. The van der Waals surface area contributed by atoms with Crippen molar-refractivity contribution in [2.45, 2.75) is 25.5 Å². The van der Waals surface area contributed by atoms with Crippen molar-refractivity contribution in [3.8, 4) is 11.4 Å². The van der Waals surface area contributed by atoms with E-state index in [-0.39, 0.29) is 17.5 Å². The molecular formula is C19H18ClFN4OS. The van der Waals surface area contributed by atoms with E-state index in [9.17, 15) is 9.18 Å². The molecule has 0 radical (unpaired) electrons. The van der Waals surface area contributed by atoms with E-state index >= 15 is 0 Å². The molecule has 5 nitrogen and oxygen atoms in total. The Bertz CT molecular complexity index is 976. The van der Waals surface area contributed by atoms with Gasteiger partial charge >= 0.3 is 0 Å². The summed E-state index contributed by atoms with van der Waals surface area (Å²) in [6.07, 6.45) is 0. The van der Waals surface area contributed by atoms with Crippen molar-refractivity contribution in [2.75, 3.05) is 11.1 Å². The van der Waals surface area contributed by atoms with E-state index in [0.717, 1.165) is 5.56 Å². The molecule has 1 amide bonds. The number of thioether (sulfide) groups is 1. The lowest BCUT2D eigenvalue weighted by Gasteiger charge is -2.09. The summed E-state index contributed by atoms with van der Waals surface area (Å²) >= 11 is 7.32. The predicted octanol–water partition coefficient (Wildman–Crippen LogP) is 4.80. The van der Waals surface area contributed by atoms with Crippen molar-refractivity contribution in [3.05, 3.63) is 58.9 Å². The van der Waals surface area contributed by atoms with Gasteiger partial charge in [-0.05, 0) is 43.7 Å². The number of rotatable bonds is 6. The van der Waals surface area contributed by atoms with Crippen LogP contribution in [0.4, 0.5) is 10.1 Å². The van der Waals surface area contributed by atoms with Crippen LogP contribution in [0.25, 0.3) is 11.4 Å². The second-order valence-electron chi connectivity index (χ2n) is 5.83. The first-order valence-electron chi connectivity index (χ1n) is 8.36. The summed E-state index contributed by atoms with van der Waals surface area (Å²) < 4.78 is 15.8. The molecule has 3 rings (SSSR count). The van der Waals surface area contributed by atoms with Gasteiger partial charge in [-0.25, -0.2) is 4.39 Å². The molecule has 0 spiro atoms. The minimum Gasteiger partial charge on any atom is -0.325 e. The van der Waals surface area contributed by atoms with Crippen LogP contribution in [0.15, 0.2) is 47.6 Å². The summed E-state index contributed by atoms with van der Waals surface area (Å²) in [5.74, 6) is 0.0629. The number of carbonyl (C=O) groups excluding carboxylic acids is 1. The lowest BCUT2D eigenvalue weighted by atomic mass is 10.2. The average molecular weight is 405 g/mol. The number of aromatic nitrogens is 3. The van der Waals surface area contributed by atoms with Crippen LogP contribution in [0.1, 0.15) is 12.5 Å². The van der Waals surface area contributed by atoms with Gasteiger partial charge in [0.2, 0.25) is 5.91 Å². The SMILES string of the molecule is CCn1c(SCC(=O)Nc2ccc(C)c(Cl)c2)nnc1-c1ccccc1F. The van der Waals surface area contributed by atoms with Crippen LogP contribution in [0.3, 0.4) is 0 Å². The van der Waals surface area contributed by atoms with Gasteiger partial charge in [0.15, 0.2) is 11.0 Å². The second kappa shape index (κ2) is 8.54. The van der Waals surface area contributed by atoms with Crippen molar-refractivity contribution in [1.29, 1.82) is 0 Å². The molecule has 27 heavy (non-hydrogen) atoms. The van der Waals surface area contributed by atoms with Gasteiger partial charge in [-0.2, -0.15) is 0 Å². The van der Waals surface area contributed by atoms with Gasteiger partial charge in [-0.3, -0.25) is 4.79 Å². The molecule has 1 N–H and O–H groups in total. The van der Waals surface area contributed by atoms with Gasteiger partial charge in [-0.15, -0.1) is 10.2 Å². The first-order chi connectivity index (χ1) is 13.0. The number of aryl methyl sites for hydroxylation is 1. The Kier molecular flexibility index (Phi) is 6.13. The van der Waals surface area contributed by atoms with Gasteiger partial charge < -0.3 is 9.88 Å². The normalized spacial score (nSPS) is 10.8. The number of anilines is 1. The molecule has 2 aromatic carbocycles. The molecular weight excluding hydrogens is 387 g/mol. The Labute approximate surface area is 166 Å². The highest BCUT2D eigenvalue weighted by atomic mass is 35.5. The smallest absolute Gasteiger partial charge is 0.234 e. The summed E-state index contributed by atoms with van der Waals surface area (Å²) in [5.41, 5.74) is 1.97. The Morgan fingerprint density at radius 1 is 1.26 bits per heavy atom. The van der Waals surface area contributed by atoms with Crippen LogP contribution < -0.4 is 5.32 Å². The molecule has 0 aliphatic carbocycles. The highest BCUT2D eigenvalue weighted by Gasteiger charge is 2.17. The van der Waals surface area contributed by atoms with Crippen LogP contribution in [-0.4, -0.2) is 26.4 Å². The van der Waals surface area contributed by atoms with Gasteiger partial charge in [0.1, 0.15) is 5.82 Å². The molecule has 1 heterocycles. The maximum Gasteiger partial charge on any atom is 0.234 e. The number of hydrogen-bond acceptors (Lipinski definition) is 4. The number of carbonyl (C=O) groups is 1. The molecule has 0 aliphatic rings. The summed E-state index contributed by atoms with van der Waals surface area (Å²) in [7, 11) is 0.